The second-order valence-electron chi connectivity index (χ2n) is 4.78. The van der Waals surface area contributed by atoms with E-state index in [9.17, 15) is 0 Å². The van der Waals surface area contributed by atoms with E-state index >= 15 is 0 Å². The molecule has 2 nitrogen and oxygen atoms in total. The van der Waals surface area contributed by atoms with Gasteiger partial charge in [0.15, 0.2) is 0 Å². The minimum Gasteiger partial charge on any atom is -0.327 e. The molecule has 0 bridgehead atoms. The van der Waals surface area contributed by atoms with Crippen molar-refractivity contribution < 1.29 is 0 Å². The van der Waals surface area contributed by atoms with Gasteiger partial charge in [0.2, 0.25) is 0 Å². The lowest BCUT2D eigenvalue weighted by atomic mass is 10.1. The average molecular weight is 232 g/mol. The Labute approximate surface area is 99.5 Å². The molecule has 1 atom stereocenters. The van der Waals surface area contributed by atoms with Gasteiger partial charge in [0.05, 0.1) is 15.2 Å². The zero-order chi connectivity index (χ0) is 11.1. The van der Waals surface area contributed by atoms with E-state index < -0.39 is 0 Å². The summed E-state index contributed by atoms with van der Waals surface area (Å²) in [7, 11) is 0. The molecular weight excluding hydrogens is 216 g/mol. The van der Waals surface area contributed by atoms with Gasteiger partial charge in [0, 0.05) is 12.5 Å². The van der Waals surface area contributed by atoms with Gasteiger partial charge in [-0.3, -0.25) is 0 Å². The quantitative estimate of drug-likeness (QED) is 0.883. The van der Waals surface area contributed by atoms with Crippen LogP contribution >= 0.6 is 11.3 Å². The van der Waals surface area contributed by atoms with E-state index in [1.165, 1.54) is 28.1 Å². The number of nitrogens with zero attached hydrogens (tertiary/aromatic N) is 1. The fourth-order valence-electron chi connectivity index (χ4n) is 2.06. The highest BCUT2D eigenvalue weighted by atomic mass is 32.1. The van der Waals surface area contributed by atoms with E-state index in [0.717, 1.165) is 17.9 Å². The van der Waals surface area contributed by atoms with E-state index in [4.69, 9.17) is 5.73 Å². The first-order valence-electron chi connectivity index (χ1n) is 5.84. The number of rotatable bonds is 3. The molecule has 1 aromatic carbocycles. The Balaban J connectivity index is 1.86. The van der Waals surface area contributed by atoms with Crippen LogP contribution in [0.3, 0.4) is 0 Å². The summed E-state index contributed by atoms with van der Waals surface area (Å²) in [5.74, 6) is 0.758. The van der Waals surface area contributed by atoms with Gasteiger partial charge in [-0.15, -0.1) is 11.3 Å². The van der Waals surface area contributed by atoms with Crippen molar-refractivity contribution in [3.8, 4) is 0 Å². The normalized spacial score (nSPS) is 17.9. The largest absolute Gasteiger partial charge is 0.327 e. The summed E-state index contributed by atoms with van der Waals surface area (Å²) in [6, 6.07) is 6.75. The van der Waals surface area contributed by atoms with Gasteiger partial charge < -0.3 is 5.73 Å². The summed E-state index contributed by atoms with van der Waals surface area (Å²) in [6.07, 6.45) is 3.57. The zero-order valence-electron chi connectivity index (χ0n) is 9.44. The van der Waals surface area contributed by atoms with E-state index in [1.807, 2.05) is 0 Å². The van der Waals surface area contributed by atoms with Crippen LogP contribution in [0.15, 0.2) is 18.2 Å². The van der Waals surface area contributed by atoms with Crippen LogP contribution in [-0.2, 0) is 6.42 Å². The molecule has 16 heavy (non-hydrogen) atoms. The topological polar surface area (TPSA) is 38.9 Å². The number of fused-ring (bicyclic) bond motifs is 1. The number of hydrogen-bond donors (Lipinski definition) is 1. The zero-order valence-corrected chi connectivity index (χ0v) is 10.3. The van der Waals surface area contributed by atoms with Crippen molar-refractivity contribution in [3.05, 3.63) is 28.8 Å². The van der Waals surface area contributed by atoms with E-state index in [1.54, 1.807) is 11.3 Å². The maximum atomic E-state index is 6.13. The third kappa shape index (κ3) is 1.97. The summed E-state index contributed by atoms with van der Waals surface area (Å²) < 4.78 is 1.29. The van der Waals surface area contributed by atoms with E-state index in [-0.39, 0.29) is 0 Å². The Bertz CT molecular complexity index is 514. The molecule has 1 aliphatic rings. The van der Waals surface area contributed by atoms with Gasteiger partial charge in [0.1, 0.15) is 0 Å². The molecule has 0 amide bonds. The lowest BCUT2D eigenvalue weighted by Gasteiger charge is -2.06. The predicted molar refractivity (Wildman–Crippen MR) is 68.8 cm³/mol. The van der Waals surface area contributed by atoms with Crippen molar-refractivity contribution in [2.45, 2.75) is 32.2 Å². The third-order valence-corrected chi connectivity index (χ3v) is 4.27. The molecule has 1 heterocycles. The summed E-state index contributed by atoms with van der Waals surface area (Å²) in [6.45, 7) is 2.12. The molecular formula is C13H16N2S. The van der Waals surface area contributed by atoms with Crippen molar-refractivity contribution in [2.24, 2.45) is 11.7 Å². The fraction of sp³-hybridized carbons (Fsp3) is 0.462. The molecule has 3 rings (SSSR count). The molecule has 3 heteroatoms. The summed E-state index contributed by atoms with van der Waals surface area (Å²) >= 11 is 1.79. The predicted octanol–water partition coefficient (Wildman–Crippen LogP) is 2.88. The van der Waals surface area contributed by atoms with Crippen LogP contribution in [0.25, 0.3) is 10.2 Å². The van der Waals surface area contributed by atoms with Crippen molar-refractivity contribution >= 4 is 21.6 Å². The van der Waals surface area contributed by atoms with Crippen LogP contribution in [0.2, 0.25) is 0 Å². The van der Waals surface area contributed by atoms with Crippen molar-refractivity contribution in [3.63, 3.8) is 0 Å². The first kappa shape index (κ1) is 10.2. The van der Waals surface area contributed by atoms with Crippen LogP contribution in [0.1, 0.15) is 23.4 Å². The molecule has 0 spiro atoms. The molecule has 2 aromatic rings. The number of benzene rings is 1. The molecule has 0 saturated heterocycles. The maximum Gasteiger partial charge on any atom is 0.0954 e. The molecule has 1 unspecified atom stereocenters. The van der Waals surface area contributed by atoms with Crippen molar-refractivity contribution in [1.82, 2.24) is 4.98 Å². The number of aryl methyl sites for hydroxylation is 1. The van der Waals surface area contributed by atoms with Gasteiger partial charge in [-0.1, -0.05) is 6.07 Å². The smallest absolute Gasteiger partial charge is 0.0954 e. The highest BCUT2D eigenvalue weighted by Gasteiger charge is 2.29. The monoisotopic (exact) mass is 232 g/mol. The lowest BCUT2D eigenvalue weighted by molar-refractivity contribution is 0.590. The average Bonchev–Trinajstić information content (AvgIpc) is 3.00. The number of thiazole rings is 1. The Morgan fingerprint density at radius 2 is 2.31 bits per heavy atom. The number of nitrogens with two attached hydrogens (primary N) is 1. The van der Waals surface area contributed by atoms with Crippen LogP contribution in [-0.4, -0.2) is 11.0 Å². The first-order chi connectivity index (χ1) is 7.72. The maximum absolute atomic E-state index is 6.13. The molecule has 0 radical (unpaired) electrons. The minimum absolute atomic E-state index is 0.321. The minimum atomic E-state index is 0.321. The molecule has 1 aromatic heterocycles. The third-order valence-electron chi connectivity index (χ3n) is 3.23. The SMILES string of the molecule is Cc1ccc2nc(CC(N)C3CC3)sc2c1. The van der Waals surface area contributed by atoms with Crippen LogP contribution in [0.4, 0.5) is 0 Å². The second kappa shape index (κ2) is 3.82. The van der Waals surface area contributed by atoms with Gasteiger partial charge >= 0.3 is 0 Å². The molecule has 1 aliphatic carbocycles. The molecule has 2 N–H and O–H groups in total. The van der Waals surface area contributed by atoms with Crippen LogP contribution in [0.5, 0.6) is 0 Å². The highest BCUT2D eigenvalue weighted by molar-refractivity contribution is 7.18. The molecule has 0 aliphatic heterocycles. The lowest BCUT2D eigenvalue weighted by Crippen LogP contribution is -2.24. The Kier molecular flexibility index (Phi) is 2.45. The van der Waals surface area contributed by atoms with Gasteiger partial charge in [-0.25, -0.2) is 4.98 Å². The summed E-state index contributed by atoms with van der Waals surface area (Å²) in [5, 5.41) is 1.19. The summed E-state index contributed by atoms with van der Waals surface area (Å²) in [5.41, 5.74) is 8.55. The number of aromatic nitrogens is 1. The Hall–Kier alpha value is -0.930. The summed E-state index contributed by atoms with van der Waals surface area (Å²) in [4.78, 5) is 4.64. The number of hydrogen-bond acceptors (Lipinski definition) is 3. The second-order valence-corrected chi connectivity index (χ2v) is 5.90. The fourth-order valence-corrected chi connectivity index (χ4v) is 3.20. The molecule has 84 valence electrons. The van der Waals surface area contributed by atoms with Gasteiger partial charge in [-0.05, 0) is 43.4 Å². The first-order valence-corrected chi connectivity index (χ1v) is 6.65. The molecule has 1 saturated carbocycles. The highest BCUT2D eigenvalue weighted by Crippen LogP contribution is 2.34. The van der Waals surface area contributed by atoms with E-state index in [0.29, 0.717) is 6.04 Å². The molecule has 1 fully saturated rings. The van der Waals surface area contributed by atoms with Crippen molar-refractivity contribution in [1.29, 1.82) is 0 Å². The van der Waals surface area contributed by atoms with Gasteiger partial charge in [0.25, 0.3) is 0 Å². The van der Waals surface area contributed by atoms with Crippen molar-refractivity contribution in [2.75, 3.05) is 0 Å². The van der Waals surface area contributed by atoms with Crippen LogP contribution in [0, 0.1) is 12.8 Å². The Morgan fingerprint density at radius 3 is 3.06 bits per heavy atom. The Morgan fingerprint density at radius 1 is 1.50 bits per heavy atom. The standard InChI is InChI=1S/C13H16N2S/c1-8-2-5-11-12(6-8)16-13(15-11)7-10(14)9-3-4-9/h2,5-6,9-10H,3-4,7,14H2,1H3. The van der Waals surface area contributed by atoms with E-state index in [2.05, 4.69) is 30.1 Å². The van der Waals surface area contributed by atoms with Gasteiger partial charge in [-0.2, -0.15) is 0 Å². The van der Waals surface area contributed by atoms with Crippen LogP contribution < -0.4 is 5.73 Å².